The fraction of sp³-hybridized carbons (Fsp3) is 0.600. The highest BCUT2D eigenvalue weighted by atomic mass is 19.4. The Morgan fingerprint density at radius 2 is 1.80 bits per heavy atom. The maximum Gasteiger partial charge on any atom is 0.418 e. The fourth-order valence-electron chi connectivity index (χ4n) is 2.64. The molecule has 0 spiro atoms. The van der Waals surface area contributed by atoms with Crippen LogP contribution in [0.1, 0.15) is 38.2 Å². The highest BCUT2D eigenvalue weighted by Gasteiger charge is 2.34. The Bertz CT molecular complexity index is 451. The van der Waals surface area contributed by atoms with Crippen molar-refractivity contribution in [1.82, 2.24) is 0 Å². The topological polar surface area (TPSA) is 21.3 Å². The lowest BCUT2D eigenvalue weighted by atomic mass is 9.87. The van der Waals surface area contributed by atoms with Gasteiger partial charge in [-0.05, 0) is 49.8 Å². The zero-order valence-corrected chi connectivity index (χ0v) is 11.8. The second kappa shape index (κ2) is 5.94. The van der Waals surface area contributed by atoms with Crippen molar-refractivity contribution in [2.24, 2.45) is 5.92 Å². The maximum atomic E-state index is 13.1. The fourth-order valence-corrected chi connectivity index (χ4v) is 2.64. The number of methoxy groups -OCH3 is 1. The number of hydrogen-bond donors (Lipinski definition) is 1. The molecule has 1 N–H and O–H groups in total. The zero-order chi connectivity index (χ0) is 14.8. The Kier molecular flexibility index (Phi) is 4.45. The molecule has 1 aliphatic rings. The standard InChI is InChI=1S/C15H20F3NO/c1-10-3-5-11(6-4-10)19-14-8-7-12(20-2)9-13(14)15(16,17)18/h7-11,19H,3-6H2,1-2H3. The summed E-state index contributed by atoms with van der Waals surface area (Å²) in [6.45, 7) is 2.19. The molecule has 0 bridgehead atoms. The van der Waals surface area contributed by atoms with Gasteiger partial charge in [0.05, 0.1) is 12.7 Å². The number of alkyl halides is 3. The SMILES string of the molecule is COc1ccc(NC2CCC(C)CC2)c(C(F)(F)F)c1. The van der Waals surface area contributed by atoms with Crippen LogP contribution in [-0.2, 0) is 6.18 Å². The first kappa shape index (κ1) is 15.0. The molecule has 2 nitrogen and oxygen atoms in total. The van der Waals surface area contributed by atoms with Gasteiger partial charge in [0.1, 0.15) is 5.75 Å². The van der Waals surface area contributed by atoms with Crippen LogP contribution in [0.25, 0.3) is 0 Å². The molecule has 0 atom stereocenters. The molecule has 0 heterocycles. The molecule has 112 valence electrons. The van der Waals surface area contributed by atoms with E-state index in [0.717, 1.165) is 31.7 Å². The van der Waals surface area contributed by atoms with E-state index in [1.165, 1.54) is 13.2 Å². The van der Waals surface area contributed by atoms with Gasteiger partial charge in [-0.1, -0.05) is 6.92 Å². The smallest absolute Gasteiger partial charge is 0.418 e. The molecule has 1 saturated carbocycles. The van der Waals surface area contributed by atoms with Gasteiger partial charge in [0.15, 0.2) is 0 Å². The van der Waals surface area contributed by atoms with Crippen LogP contribution in [0.5, 0.6) is 5.75 Å². The van der Waals surface area contributed by atoms with Crippen molar-refractivity contribution in [3.8, 4) is 5.75 Å². The van der Waals surface area contributed by atoms with E-state index in [4.69, 9.17) is 4.74 Å². The van der Waals surface area contributed by atoms with E-state index in [1.54, 1.807) is 6.07 Å². The van der Waals surface area contributed by atoms with Crippen LogP contribution in [0, 0.1) is 5.92 Å². The van der Waals surface area contributed by atoms with Gasteiger partial charge in [-0.25, -0.2) is 0 Å². The molecule has 0 aromatic heterocycles. The van der Waals surface area contributed by atoms with Crippen molar-refractivity contribution in [2.75, 3.05) is 12.4 Å². The number of halogens is 3. The van der Waals surface area contributed by atoms with Crippen LogP contribution < -0.4 is 10.1 Å². The Morgan fingerprint density at radius 1 is 1.15 bits per heavy atom. The summed E-state index contributed by atoms with van der Waals surface area (Å²) in [5, 5.41) is 3.05. The predicted molar refractivity (Wildman–Crippen MR) is 73.0 cm³/mol. The molecule has 0 unspecified atom stereocenters. The van der Waals surface area contributed by atoms with Crippen LogP contribution in [0.2, 0.25) is 0 Å². The number of rotatable bonds is 3. The molecular formula is C15H20F3NO. The second-order valence-corrected chi connectivity index (χ2v) is 5.51. The minimum absolute atomic E-state index is 0.126. The summed E-state index contributed by atoms with van der Waals surface area (Å²) >= 11 is 0. The summed E-state index contributed by atoms with van der Waals surface area (Å²) in [5.41, 5.74) is -0.506. The van der Waals surface area contributed by atoms with Gasteiger partial charge in [0, 0.05) is 11.7 Å². The highest BCUT2D eigenvalue weighted by Crippen LogP contribution is 2.38. The largest absolute Gasteiger partial charge is 0.497 e. The lowest BCUT2D eigenvalue weighted by Gasteiger charge is -2.29. The van der Waals surface area contributed by atoms with Crippen molar-refractivity contribution < 1.29 is 17.9 Å². The van der Waals surface area contributed by atoms with Crippen LogP contribution in [-0.4, -0.2) is 13.2 Å². The molecule has 2 rings (SSSR count). The van der Waals surface area contributed by atoms with Gasteiger partial charge in [-0.15, -0.1) is 0 Å². The normalized spacial score (nSPS) is 23.4. The Morgan fingerprint density at radius 3 is 2.35 bits per heavy atom. The quantitative estimate of drug-likeness (QED) is 0.869. The maximum absolute atomic E-state index is 13.1. The third kappa shape index (κ3) is 3.58. The molecule has 1 aromatic rings. The monoisotopic (exact) mass is 287 g/mol. The number of benzene rings is 1. The Balaban J connectivity index is 2.18. The van der Waals surface area contributed by atoms with Gasteiger partial charge in [0.25, 0.3) is 0 Å². The van der Waals surface area contributed by atoms with E-state index in [9.17, 15) is 13.2 Å². The first-order chi connectivity index (χ1) is 9.40. The molecule has 0 radical (unpaired) electrons. The van der Waals surface area contributed by atoms with E-state index in [1.807, 2.05) is 0 Å². The first-order valence-corrected chi connectivity index (χ1v) is 6.92. The average molecular weight is 287 g/mol. The number of anilines is 1. The minimum Gasteiger partial charge on any atom is -0.497 e. The van der Waals surface area contributed by atoms with Gasteiger partial charge in [0.2, 0.25) is 0 Å². The molecule has 20 heavy (non-hydrogen) atoms. The summed E-state index contributed by atoms with van der Waals surface area (Å²) in [5.74, 6) is 0.895. The van der Waals surface area contributed by atoms with Gasteiger partial charge >= 0.3 is 6.18 Å². The highest BCUT2D eigenvalue weighted by molar-refractivity contribution is 5.56. The number of ether oxygens (including phenoxy) is 1. The Labute approximate surface area is 117 Å². The van der Waals surface area contributed by atoms with Crippen LogP contribution in [0.15, 0.2) is 18.2 Å². The molecular weight excluding hydrogens is 267 g/mol. The van der Waals surface area contributed by atoms with E-state index in [0.29, 0.717) is 5.92 Å². The van der Waals surface area contributed by atoms with Crippen molar-refractivity contribution >= 4 is 5.69 Å². The average Bonchev–Trinajstić information content (AvgIpc) is 2.40. The molecule has 0 saturated heterocycles. The Hall–Kier alpha value is -1.39. The molecule has 0 amide bonds. The van der Waals surface area contributed by atoms with Crippen molar-refractivity contribution in [3.05, 3.63) is 23.8 Å². The van der Waals surface area contributed by atoms with Crippen LogP contribution >= 0.6 is 0 Å². The van der Waals surface area contributed by atoms with E-state index in [-0.39, 0.29) is 17.5 Å². The molecule has 1 aliphatic carbocycles. The van der Waals surface area contributed by atoms with Gasteiger partial charge in [-0.3, -0.25) is 0 Å². The lowest BCUT2D eigenvalue weighted by molar-refractivity contribution is -0.137. The van der Waals surface area contributed by atoms with Crippen molar-refractivity contribution in [1.29, 1.82) is 0 Å². The predicted octanol–water partition coefficient (Wildman–Crippen LogP) is 4.70. The zero-order valence-electron chi connectivity index (χ0n) is 11.8. The minimum atomic E-state index is -4.38. The first-order valence-electron chi connectivity index (χ1n) is 6.92. The van der Waals surface area contributed by atoms with E-state index < -0.39 is 11.7 Å². The summed E-state index contributed by atoms with van der Waals surface area (Å²) in [7, 11) is 1.37. The third-order valence-corrected chi connectivity index (χ3v) is 3.91. The van der Waals surface area contributed by atoms with E-state index >= 15 is 0 Å². The number of nitrogens with one attached hydrogen (secondary N) is 1. The summed E-state index contributed by atoms with van der Waals surface area (Å²) in [6.07, 6.45) is -0.405. The molecule has 1 aromatic carbocycles. The van der Waals surface area contributed by atoms with Gasteiger partial charge in [-0.2, -0.15) is 13.2 Å². The number of hydrogen-bond acceptors (Lipinski definition) is 2. The van der Waals surface area contributed by atoms with Crippen LogP contribution in [0.4, 0.5) is 18.9 Å². The van der Waals surface area contributed by atoms with Crippen LogP contribution in [0.3, 0.4) is 0 Å². The van der Waals surface area contributed by atoms with Crippen molar-refractivity contribution in [3.63, 3.8) is 0 Å². The summed E-state index contributed by atoms with van der Waals surface area (Å²) in [4.78, 5) is 0. The van der Waals surface area contributed by atoms with Crippen molar-refractivity contribution in [2.45, 2.75) is 44.8 Å². The summed E-state index contributed by atoms with van der Waals surface area (Å²) < 4.78 is 44.1. The lowest BCUT2D eigenvalue weighted by Crippen LogP contribution is -2.26. The second-order valence-electron chi connectivity index (χ2n) is 5.51. The summed E-state index contributed by atoms with van der Waals surface area (Å²) in [6, 6.07) is 4.19. The van der Waals surface area contributed by atoms with Gasteiger partial charge < -0.3 is 10.1 Å². The molecule has 5 heteroatoms. The third-order valence-electron chi connectivity index (χ3n) is 3.91. The van der Waals surface area contributed by atoms with E-state index in [2.05, 4.69) is 12.2 Å². The molecule has 1 fully saturated rings. The molecule has 0 aliphatic heterocycles.